The van der Waals surface area contributed by atoms with Crippen LogP contribution in [0.3, 0.4) is 0 Å². The molecule has 3 amide bonds. The summed E-state index contributed by atoms with van der Waals surface area (Å²) >= 11 is 0. The maximum atomic E-state index is 13.0. The van der Waals surface area contributed by atoms with E-state index >= 15 is 0 Å². The average molecular weight is 418 g/mol. The highest BCUT2D eigenvalue weighted by Gasteiger charge is 2.44. The fourth-order valence-corrected chi connectivity index (χ4v) is 3.63. The number of hydrogen-bond donors (Lipinski definition) is 4. The highest BCUT2D eigenvalue weighted by Crippen LogP contribution is 2.38. The second-order valence-corrected chi connectivity index (χ2v) is 7.85. The van der Waals surface area contributed by atoms with E-state index in [2.05, 4.69) is 16.0 Å². The maximum absolute atomic E-state index is 13.0. The molecule has 0 spiro atoms. The molecule has 0 radical (unpaired) electrons. The largest absolute Gasteiger partial charge is 0.473 e. The summed E-state index contributed by atoms with van der Waals surface area (Å²) in [6.45, 7) is 4.93. The molecule has 1 unspecified atom stereocenters. The van der Waals surface area contributed by atoms with Crippen LogP contribution in [0.25, 0.3) is 0 Å². The molecule has 1 aromatic carbocycles. The molecule has 0 aliphatic carbocycles. The molecule has 30 heavy (non-hydrogen) atoms. The molecule has 9 heteroatoms. The molecule has 9 nitrogen and oxygen atoms in total. The van der Waals surface area contributed by atoms with Crippen LogP contribution in [-0.4, -0.2) is 67.3 Å². The second-order valence-electron chi connectivity index (χ2n) is 7.85. The first-order valence-electron chi connectivity index (χ1n) is 10.4. The Balaban J connectivity index is 1.82. The smallest absolute Gasteiger partial charge is 0.273 e. The van der Waals surface area contributed by atoms with E-state index in [-0.39, 0.29) is 30.9 Å². The summed E-state index contributed by atoms with van der Waals surface area (Å²) in [5.74, 6) is -0.343. The number of ether oxygens (including phenoxy) is 1. The number of piperidine rings is 1. The van der Waals surface area contributed by atoms with E-state index < -0.39 is 18.1 Å². The summed E-state index contributed by atoms with van der Waals surface area (Å²) in [6, 6.07) is 4.98. The van der Waals surface area contributed by atoms with Crippen molar-refractivity contribution >= 4 is 23.4 Å². The number of benzene rings is 1. The lowest BCUT2D eigenvalue weighted by molar-refractivity contribution is -0.137. The molecule has 2 aliphatic heterocycles. The van der Waals surface area contributed by atoms with Crippen LogP contribution in [0.15, 0.2) is 18.2 Å². The van der Waals surface area contributed by atoms with Crippen LogP contribution in [-0.2, 0) is 9.59 Å². The van der Waals surface area contributed by atoms with Crippen molar-refractivity contribution in [1.82, 2.24) is 16.0 Å². The Kier molecular flexibility index (Phi) is 6.94. The molecular formula is C21H30N4O5. The summed E-state index contributed by atoms with van der Waals surface area (Å²) in [6.07, 6.45) is 2.28. The molecule has 0 aromatic heterocycles. The average Bonchev–Trinajstić information content (AvgIpc) is 2.76. The number of carbonyl (C=O) groups excluding carboxylic acids is 3. The number of anilines is 1. The molecule has 0 saturated carbocycles. The zero-order valence-electron chi connectivity index (χ0n) is 17.5. The number of aliphatic hydroxyl groups is 1. The summed E-state index contributed by atoms with van der Waals surface area (Å²) in [5, 5.41) is 18.8. The quantitative estimate of drug-likeness (QED) is 0.501. The van der Waals surface area contributed by atoms with Crippen LogP contribution in [0.5, 0.6) is 5.75 Å². The van der Waals surface area contributed by atoms with Gasteiger partial charge >= 0.3 is 0 Å². The summed E-state index contributed by atoms with van der Waals surface area (Å²) < 4.78 is 5.77. The molecule has 2 atom stereocenters. The van der Waals surface area contributed by atoms with Crippen molar-refractivity contribution in [1.29, 1.82) is 0 Å². The lowest BCUT2D eigenvalue weighted by atomic mass is 10.0. The highest BCUT2D eigenvalue weighted by atomic mass is 16.5. The zero-order valence-corrected chi connectivity index (χ0v) is 17.5. The molecule has 1 fully saturated rings. The standard InChI is InChI=1S/C21H30N4O5/c1-3-18(27)23-9-10-25-16-11-14(19(28)24-15-5-4-8-22-12-15)6-7-17(16)30-21(2,13-26)20(25)29/h6-7,11,15,22,26H,3-5,8-10,12-13H2,1-2H3,(H,23,27)(H,24,28)/t15-,21?/m1/s1. The predicted molar refractivity (Wildman–Crippen MR) is 112 cm³/mol. The van der Waals surface area contributed by atoms with Crippen LogP contribution < -0.4 is 25.6 Å². The number of aliphatic hydroxyl groups excluding tert-OH is 1. The van der Waals surface area contributed by atoms with Crippen molar-refractivity contribution in [2.45, 2.75) is 44.8 Å². The number of amides is 3. The van der Waals surface area contributed by atoms with E-state index in [1.807, 2.05) is 0 Å². The van der Waals surface area contributed by atoms with E-state index in [4.69, 9.17) is 4.74 Å². The van der Waals surface area contributed by atoms with Gasteiger partial charge in [0.05, 0.1) is 12.3 Å². The molecule has 3 rings (SSSR count). The van der Waals surface area contributed by atoms with Crippen molar-refractivity contribution in [3.63, 3.8) is 0 Å². The molecule has 1 saturated heterocycles. The van der Waals surface area contributed by atoms with Gasteiger partial charge in [0.2, 0.25) is 11.5 Å². The topological polar surface area (TPSA) is 120 Å². The van der Waals surface area contributed by atoms with Gasteiger partial charge in [-0.3, -0.25) is 14.4 Å². The van der Waals surface area contributed by atoms with Crippen LogP contribution >= 0.6 is 0 Å². The molecule has 2 heterocycles. The van der Waals surface area contributed by atoms with E-state index in [9.17, 15) is 19.5 Å². The lowest BCUT2D eigenvalue weighted by Crippen LogP contribution is -2.57. The van der Waals surface area contributed by atoms with Gasteiger partial charge in [0.25, 0.3) is 11.8 Å². The minimum Gasteiger partial charge on any atom is -0.473 e. The van der Waals surface area contributed by atoms with Crippen molar-refractivity contribution < 1.29 is 24.2 Å². The van der Waals surface area contributed by atoms with Crippen molar-refractivity contribution in [3.8, 4) is 5.75 Å². The zero-order chi connectivity index (χ0) is 21.7. The van der Waals surface area contributed by atoms with E-state index in [0.717, 1.165) is 25.9 Å². The fraction of sp³-hybridized carbons (Fsp3) is 0.571. The normalized spacial score (nSPS) is 23.4. The molecule has 4 N–H and O–H groups in total. The van der Waals surface area contributed by atoms with Gasteiger partial charge in [-0.25, -0.2) is 0 Å². The fourth-order valence-electron chi connectivity index (χ4n) is 3.63. The van der Waals surface area contributed by atoms with Gasteiger partial charge in [0, 0.05) is 37.7 Å². The Labute approximate surface area is 176 Å². The summed E-state index contributed by atoms with van der Waals surface area (Å²) in [7, 11) is 0. The Morgan fingerprint density at radius 1 is 1.40 bits per heavy atom. The third kappa shape index (κ3) is 4.73. The molecule has 1 aromatic rings. The highest BCUT2D eigenvalue weighted by molar-refractivity contribution is 6.04. The van der Waals surface area contributed by atoms with E-state index in [1.54, 1.807) is 25.1 Å². The Morgan fingerprint density at radius 2 is 2.20 bits per heavy atom. The second kappa shape index (κ2) is 9.44. The van der Waals surface area contributed by atoms with Gasteiger partial charge < -0.3 is 30.7 Å². The van der Waals surface area contributed by atoms with Crippen molar-refractivity contribution in [3.05, 3.63) is 23.8 Å². The third-order valence-electron chi connectivity index (χ3n) is 5.46. The molecule has 164 valence electrons. The number of nitrogens with zero attached hydrogens (tertiary/aromatic N) is 1. The van der Waals surface area contributed by atoms with E-state index in [1.165, 1.54) is 11.8 Å². The third-order valence-corrected chi connectivity index (χ3v) is 5.46. The SMILES string of the molecule is CCC(=O)NCCN1C(=O)C(C)(CO)Oc2ccc(C(=O)N[C@@H]3CCCNC3)cc21. The van der Waals surface area contributed by atoms with Crippen molar-refractivity contribution in [2.24, 2.45) is 0 Å². The first kappa shape index (κ1) is 22.0. The van der Waals surface area contributed by atoms with Gasteiger partial charge in [0.15, 0.2) is 0 Å². The lowest BCUT2D eigenvalue weighted by Gasteiger charge is -2.40. The van der Waals surface area contributed by atoms with Crippen LogP contribution in [0.1, 0.15) is 43.5 Å². The Bertz CT molecular complexity index is 809. The van der Waals surface area contributed by atoms with Gasteiger partial charge in [-0.1, -0.05) is 6.92 Å². The monoisotopic (exact) mass is 418 g/mol. The van der Waals surface area contributed by atoms with Crippen LogP contribution in [0.2, 0.25) is 0 Å². The molecule has 0 bridgehead atoms. The maximum Gasteiger partial charge on any atom is 0.273 e. The Hall–Kier alpha value is -2.65. The van der Waals surface area contributed by atoms with Gasteiger partial charge in [-0.2, -0.15) is 0 Å². The number of rotatable bonds is 7. The number of carbonyl (C=O) groups is 3. The van der Waals surface area contributed by atoms with Gasteiger partial charge in [-0.05, 0) is 44.5 Å². The first-order valence-corrected chi connectivity index (χ1v) is 10.4. The number of nitrogens with one attached hydrogen (secondary N) is 3. The predicted octanol–water partition coefficient (Wildman–Crippen LogP) is 0.171. The molecular weight excluding hydrogens is 388 g/mol. The minimum absolute atomic E-state index is 0.0678. The summed E-state index contributed by atoms with van der Waals surface area (Å²) in [5.41, 5.74) is -0.545. The molecule has 2 aliphatic rings. The van der Waals surface area contributed by atoms with Gasteiger partial charge in [0.1, 0.15) is 5.75 Å². The minimum atomic E-state index is -1.42. The summed E-state index contributed by atoms with van der Waals surface area (Å²) in [4.78, 5) is 38.8. The Morgan fingerprint density at radius 3 is 2.87 bits per heavy atom. The van der Waals surface area contributed by atoms with Crippen LogP contribution in [0.4, 0.5) is 5.69 Å². The first-order chi connectivity index (χ1) is 14.4. The number of fused-ring (bicyclic) bond motifs is 1. The van der Waals surface area contributed by atoms with Crippen molar-refractivity contribution in [2.75, 3.05) is 37.7 Å². The van der Waals surface area contributed by atoms with Crippen LogP contribution in [0, 0.1) is 0 Å². The van der Waals surface area contributed by atoms with E-state index in [0.29, 0.717) is 23.4 Å². The van der Waals surface area contributed by atoms with Gasteiger partial charge in [-0.15, -0.1) is 0 Å². The number of hydrogen-bond acceptors (Lipinski definition) is 6.